The number of nitrogens with zero attached hydrogens (tertiary/aromatic N) is 7. The van der Waals surface area contributed by atoms with Gasteiger partial charge in [-0.1, -0.05) is 0 Å². The van der Waals surface area contributed by atoms with Gasteiger partial charge in [0.2, 0.25) is 0 Å². The molecule has 3 aromatic rings. The SMILES string of the molecule is [2H]c1ccc2c(N3CC4CN(c5ccc(CCN6C[C@@H](N)[C@@H](F)C6)nc5)CCN4[C@@H](C)C3)ccc(C#N)c2n1. The Kier molecular flexibility index (Phi) is 6.53. The molecular formula is C29H35FN8. The summed E-state index contributed by atoms with van der Waals surface area (Å²) in [6.07, 6.45) is 2.00. The van der Waals surface area contributed by atoms with E-state index in [4.69, 9.17) is 12.1 Å². The molecule has 2 N–H and O–H groups in total. The number of pyridine rings is 2. The summed E-state index contributed by atoms with van der Waals surface area (Å²) in [6, 6.07) is 14.3. The minimum Gasteiger partial charge on any atom is -0.368 e. The number of piperazine rings is 2. The maximum absolute atomic E-state index is 13.7. The van der Waals surface area contributed by atoms with Crippen molar-refractivity contribution in [3.63, 3.8) is 0 Å². The Hall–Kier alpha value is -3.32. The highest BCUT2D eigenvalue weighted by Crippen LogP contribution is 2.32. The fourth-order valence-electron chi connectivity index (χ4n) is 6.34. The molecule has 9 heteroatoms. The number of likely N-dealkylation sites (tertiary alicyclic amines) is 1. The molecule has 4 atom stereocenters. The third kappa shape index (κ3) is 4.80. The van der Waals surface area contributed by atoms with Gasteiger partial charge in [-0.3, -0.25) is 19.8 Å². The second-order valence-electron chi connectivity index (χ2n) is 10.9. The van der Waals surface area contributed by atoms with Gasteiger partial charge >= 0.3 is 0 Å². The van der Waals surface area contributed by atoms with E-state index in [1.807, 2.05) is 24.4 Å². The summed E-state index contributed by atoms with van der Waals surface area (Å²) in [6.45, 7) is 8.74. The van der Waals surface area contributed by atoms with Crippen LogP contribution in [-0.4, -0.2) is 96.4 Å². The third-order valence-electron chi connectivity index (χ3n) is 8.39. The number of alkyl halides is 1. The second-order valence-corrected chi connectivity index (χ2v) is 10.9. The molecule has 3 saturated heterocycles. The molecular weight excluding hydrogens is 479 g/mol. The Labute approximate surface area is 224 Å². The van der Waals surface area contributed by atoms with Gasteiger partial charge in [0, 0.05) is 99.8 Å². The Morgan fingerprint density at radius 1 is 1.08 bits per heavy atom. The van der Waals surface area contributed by atoms with Crippen LogP contribution in [0.2, 0.25) is 0 Å². The number of anilines is 2. The Morgan fingerprint density at radius 3 is 2.71 bits per heavy atom. The van der Waals surface area contributed by atoms with E-state index in [0.29, 0.717) is 36.3 Å². The van der Waals surface area contributed by atoms with Gasteiger partial charge in [-0.2, -0.15) is 5.26 Å². The van der Waals surface area contributed by atoms with Crippen LogP contribution in [0.3, 0.4) is 0 Å². The number of fused-ring (bicyclic) bond motifs is 2. The van der Waals surface area contributed by atoms with Crippen molar-refractivity contribution in [1.29, 1.82) is 5.26 Å². The smallest absolute Gasteiger partial charge is 0.129 e. The van der Waals surface area contributed by atoms with Crippen LogP contribution >= 0.6 is 0 Å². The van der Waals surface area contributed by atoms with Crippen molar-refractivity contribution in [2.45, 2.75) is 37.6 Å². The standard InChI is InChI=1S/C29H35FN8/c1-20-15-37(28-7-4-21(13-31)29-25(28)3-2-9-33-29)17-24-16-36(11-12-38(20)24)23-6-5-22(34-14-23)8-10-35-18-26(30)27(32)19-35/h2-7,9,14,20,24,26-27H,8,10-12,15-19,32H2,1H3/t20-,24?,26-,27+/m0/s1/i9D. The zero-order valence-electron chi connectivity index (χ0n) is 22.8. The molecule has 2 aromatic heterocycles. The zero-order chi connectivity index (χ0) is 27.1. The van der Waals surface area contributed by atoms with Gasteiger partial charge in [-0.05, 0) is 43.3 Å². The predicted octanol–water partition coefficient (Wildman–Crippen LogP) is 2.42. The van der Waals surface area contributed by atoms with Crippen molar-refractivity contribution in [1.82, 2.24) is 19.8 Å². The number of nitriles is 1. The second kappa shape index (κ2) is 10.4. The number of aromatic nitrogens is 2. The van der Waals surface area contributed by atoms with Gasteiger partial charge < -0.3 is 15.5 Å². The van der Waals surface area contributed by atoms with Crippen LogP contribution < -0.4 is 15.5 Å². The average molecular weight is 516 g/mol. The van der Waals surface area contributed by atoms with Gasteiger partial charge in [0.05, 0.1) is 24.3 Å². The van der Waals surface area contributed by atoms with Gasteiger partial charge in [0.1, 0.15) is 12.2 Å². The highest BCUT2D eigenvalue weighted by Gasteiger charge is 2.37. The summed E-state index contributed by atoms with van der Waals surface area (Å²) in [5.41, 5.74) is 10.1. The summed E-state index contributed by atoms with van der Waals surface area (Å²) in [5.74, 6) is 0. The lowest BCUT2D eigenvalue weighted by Gasteiger charge is -2.51. The molecule has 0 amide bonds. The Bertz CT molecular complexity index is 1370. The Balaban J connectivity index is 1.14. The molecule has 1 aromatic carbocycles. The van der Waals surface area contributed by atoms with Crippen LogP contribution in [0.4, 0.5) is 15.8 Å². The van der Waals surface area contributed by atoms with E-state index in [1.54, 1.807) is 6.07 Å². The van der Waals surface area contributed by atoms with E-state index < -0.39 is 6.17 Å². The first-order valence-electron chi connectivity index (χ1n) is 14.0. The van der Waals surface area contributed by atoms with Crippen LogP contribution in [0, 0.1) is 11.3 Å². The minimum absolute atomic E-state index is 0.172. The van der Waals surface area contributed by atoms with Gasteiger partial charge in [0.15, 0.2) is 0 Å². The van der Waals surface area contributed by atoms with Crippen molar-refractivity contribution in [3.05, 3.63) is 60.0 Å². The monoisotopic (exact) mass is 515 g/mol. The van der Waals surface area contributed by atoms with Gasteiger partial charge in [-0.15, -0.1) is 0 Å². The number of halogens is 1. The van der Waals surface area contributed by atoms with E-state index in [-0.39, 0.29) is 12.2 Å². The van der Waals surface area contributed by atoms with Crippen molar-refractivity contribution in [2.75, 3.05) is 62.2 Å². The minimum atomic E-state index is -0.930. The zero-order valence-corrected chi connectivity index (χ0v) is 21.8. The summed E-state index contributed by atoms with van der Waals surface area (Å²) < 4.78 is 21.7. The molecule has 8 nitrogen and oxygen atoms in total. The summed E-state index contributed by atoms with van der Waals surface area (Å²) in [4.78, 5) is 18.6. The van der Waals surface area contributed by atoms with Crippen molar-refractivity contribution < 1.29 is 5.76 Å². The summed E-state index contributed by atoms with van der Waals surface area (Å²) >= 11 is 0. The fourth-order valence-corrected chi connectivity index (χ4v) is 6.34. The number of benzene rings is 1. The van der Waals surface area contributed by atoms with Gasteiger partial charge in [-0.25, -0.2) is 4.39 Å². The molecule has 6 rings (SSSR count). The van der Waals surface area contributed by atoms with E-state index in [2.05, 4.69) is 49.7 Å². The van der Waals surface area contributed by atoms with Crippen LogP contribution in [0.1, 0.15) is 19.6 Å². The number of hydrogen-bond donors (Lipinski definition) is 1. The summed E-state index contributed by atoms with van der Waals surface area (Å²) in [5, 5.41) is 10.5. The van der Waals surface area contributed by atoms with Crippen molar-refractivity contribution in [3.8, 4) is 6.07 Å². The number of nitrogens with two attached hydrogens (primary N) is 1. The Morgan fingerprint density at radius 2 is 1.95 bits per heavy atom. The largest absolute Gasteiger partial charge is 0.368 e. The fraction of sp³-hybridized carbons (Fsp3) is 0.483. The first-order chi connectivity index (χ1) is 18.9. The molecule has 0 bridgehead atoms. The van der Waals surface area contributed by atoms with Crippen molar-refractivity contribution >= 4 is 22.3 Å². The predicted molar refractivity (Wildman–Crippen MR) is 148 cm³/mol. The van der Waals surface area contributed by atoms with Crippen LogP contribution in [-0.2, 0) is 6.42 Å². The number of rotatable bonds is 5. The molecule has 198 valence electrons. The normalized spacial score (nSPS) is 26.8. The van der Waals surface area contributed by atoms with Crippen molar-refractivity contribution in [2.24, 2.45) is 5.73 Å². The molecule has 0 spiro atoms. The lowest BCUT2D eigenvalue weighted by Crippen LogP contribution is -2.65. The van der Waals surface area contributed by atoms with Crippen LogP contribution in [0.5, 0.6) is 0 Å². The van der Waals surface area contributed by atoms with E-state index in [9.17, 15) is 9.65 Å². The van der Waals surface area contributed by atoms with E-state index >= 15 is 0 Å². The van der Waals surface area contributed by atoms with Crippen LogP contribution in [0.15, 0.2) is 48.8 Å². The topological polar surface area (TPSA) is 88.5 Å². The molecule has 0 saturated carbocycles. The molecule has 3 aliphatic rings. The first kappa shape index (κ1) is 23.8. The molecule has 3 fully saturated rings. The highest BCUT2D eigenvalue weighted by atomic mass is 19.1. The van der Waals surface area contributed by atoms with Gasteiger partial charge in [0.25, 0.3) is 0 Å². The lowest BCUT2D eigenvalue weighted by atomic mass is 10.0. The third-order valence-corrected chi connectivity index (χ3v) is 8.39. The molecule has 3 aliphatic heterocycles. The summed E-state index contributed by atoms with van der Waals surface area (Å²) in [7, 11) is 0. The average Bonchev–Trinajstić information content (AvgIpc) is 3.27. The number of hydrogen-bond acceptors (Lipinski definition) is 8. The van der Waals surface area contributed by atoms with E-state index in [1.165, 1.54) is 0 Å². The highest BCUT2D eigenvalue weighted by molar-refractivity contribution is 5.95. The van der Waals surface area contributed by atoms with E-state index in [0.717, 1.165) is 68.1 Å². The first-order valence-corrected chi connectivity index (χ1v) is 13.5. The quantitative estimate of drug-likeness (QED) is 0.554. The maximum Gasteiger partial charge on any atom is 0.129 e. The maximum atomic E-state index is 13.7. The lowest BCUT2D eigenvalue weighted by molar-refractivity contribution is 0.108. The molecule has 0 radical (unpaired) electrons. The molecule has 5 heterocycles. The molecule has 0 aliphatic carbocycles. The van der Waals surface area contributed by atoms with Crippen LogP contribution in [0.25, 0.3) is 10.9 Å². The molecule has 38 heavy (non-hydrogen) atoms. The molecule has 1 unspecified atom stereocenters.